The van der Waals surface area contributed by atoms with E-state index in [1.165, 1.54) is 14.0 Å². The van der Waals surface area contributed by atoms with Crippen molar-refractivity contribution in [1.82, 2.24) is 4.90 Å². The van der Waals surface area contributed by atoms with Crippen LogP contribution in [0.1, 0.15) is 126 Å². The maximum Gasteiger partial charge on any atom is 0.365 e. The van der Waals surface area contributed by atoms with E-state index in [0.717, 1.165) is 0 Å². The molecule has 3 heterocycles. The highest BCUT2D eigenvalue weighted by molar-refractivity contribution is 5.92. The monoisotopic (exact) mass is 1060 g/mol. The molecule has 3 aromatic carbocycles. The molecule has 0 aliphatic carbocycles. The number of hydrogen-bond donors (Lipinski definition) is 3. The zero-order valence-electron chi connectivity index (χ0n) is 46.2. The summed E-state index contributed by atoms with van der Waals surface area (Å²) in [7, 11) is 5.21. The number of carbonyl (C=O) groups excluding carboxylic acids is 4. The number of nitrogens with zero attached hydrogens (tertiary/aromatic N) is 2. The van der Waals surface area contributed by atoms with Gasteiger partial charge in [-0.25, -0.2) is 14.4 Å². The van der Waals surface area contributed by atoms with Crippen LogP contribution < -0.4 is 0 Å². The normalized spacial score (nSPS) is 37.4. The van der Waals surface area contributed by atoms with Gasteiger partial charge in [0.2, 0.25) is 0 Å². The molecule has 0 saturated carbocycles. The second-order valence-corrected chi connectivity index (χ2v) is 21.8. The number of carbonyl (C=O) groups is 4. The molecule has 0 amide bonds. The number of cyclic esters (lactones) is 1. The minimum Gasteiger partial charge on any atom is -0.459 e. The van der Waals surface area contributed by atoms with E-state index in [4.69, 9.17) is 42.7 Å². The summed E-state index contributed by atoms with van der Waals surface area (Å²) in [5, 5.41) is 42.1. The third-order valence-corrected chi connectivity index (χ3v) is 15.5. The van der Waals surface area contributed by atoms with E-state index in [1.54, 1.807) is 146 Å². The topological polar surface area (TPSA) is 228 Å². The van der Waals surface area contributed by atoms with E-state index in [-0.39, 0.29) is 30.5 Å². The van der Waals surface area contributed by atoms with Crippen LogP contribution in [0.2, 0.25) is 0 Å². The van der Waals surface area contributed by atoms with Crippen molar-refractivity contribution >= 4 is 29.6 Å². The fourth-order valence-electron chi connectivity index (χ4n) is 11.2. The summed E-state index contributed by atoms with van der Waals surface area (Å²) in [6.45, 7) is 16.6. The summed E-state index contributed by atoms with van der Waals surface area (Å²) in [6, 6.07) is 24.8. The third kappa shape index (κ3) is 13.9. The molecule has 18 atom stereocenters. The number of oxime groups is 1. The van der Waals surface area contributed by atoms with Crippen molar-refractivity contribution in [2.45, 2.75) is 179 Å². The summed E-state index contributed by atoms with van der Waals surface area (Å²) in [4.78, 5) is 63.1. The zero-order chi connectivity index (χ0) is 55.9. The van der Waals surface area contributed by atoms with Crippen molar-refractivity contribution < 1.29 is 77.2 Å². The van der Waals surface area contributed by atoms with E-state index in [2.05, 4.69) is 5.16 Å². The van der Waals surface area contributed by atoms with Crippen LogP contribution in [0.3, 0.4) is 0 Å². The lowest BCUT2D eigenvalue weighted by Gasteiger charge is -2.49. The molecule has 0 spiro atoms. The van der Waals surface area contributed by atoms with E-state index < -0.39 is 132 Å². The van der Waals surface area contributed by atoms with Gasteiger partial charge in [-0.15, -0.1) is 0 Å². The molecule has 0 aromatic heterocycles. The smallest absolute Gasteiger partial charge is 0.365 e. The highest BCUT2D eigenvalue weighted by Crippen LogP contribution is 2.42. The number of rotatable bonds is 13. The van der Waals surface area contributed by atoms with Gasteiger partial charge in [0.25, 0.3) is 0 Å². The Morgan fingerprint density at radius 1 is 0.724 bits per heavy atom. The predicted molar refractivity (Wildman–Crippen MR) is 280 cm³/mol. The number of ether oxygens (including phenoxy) is 8. The lowest BCUT2D eigenvalue weighted by Crippen LogP contribution is -2.62. The van der Waals surface area contributed by atoms with Gasteiger partial charge in [0, 0.05) is 31.3 Å². The Bertz CT molecular complexity index is 2420. The van der Waals surface area contributed by atoms with Gasteiger partial charge in [0.15, 0.2) is 24.8 Å². The predicted octanol–water partition coefficient (Wildman–Crippen LogP) is 7.16. The number of methoxy groups -OCH3 is 1. The first kappa shape index (κ1) is 60.1. The molecule has 3 fully saturated rings. The Labute approximate surface area is 447 Å². The lowest BCUT2D eigenvalue weighted by molar-refractivity contribution is -0.317. The number of hydrogen-bond acceptors (Lipinski definition) is 18. The molecule has 3 aliphatic heterocycles. The minimum absolute atomic E-state index is 0.00626. The highest BCUT2D eigenvalue weighted by atomic mass is 16.7. The molecule has 6 rings (SSSR count). The van der Waals surface area contributed by atoms with Crippen LogP contribution in [-0.2, 0) is 47.5 Å². The van der Waals surface area contributed by atoms with Crippen molar-refractivity contribution in [1.29, 1.82) is 0 Å². The van der Waals surface area contributed by atoms with Gasteiger partial charge in [-0.1, -0.05) is 87.4 Å². The van der Waals surface area contributed by atoms with Crippen molar-refractivity contribution in [3.63, 3.8) is 0 Å². The Morgan fingerprint density at radius 3 is 1.79 bits per heavy atom. The maximum atomic E-state index is 14.8. The van der Waals surface area contributed by atoms with E-state index in [1.807, 2.05) is 25.9 Å². The molecule has 3 N–H and O–H groups in total. The summed E-state index contributed by atoms with van der Waals surface area (Å²) in [5.41, 5.74) is -4.32. The second kappa shape index (κ2) is 25.5. The number of esters is 3. The van der Waals surface area contributed by atoms with Crippen LogP contribution in [0.5, 0.6) is 0 Å². The first-order valence-corrected chi connectivity index (χ1v) is 26.4. The molecule has 3 aromatic rings. The Kier molecular flexibility index (Phi) is 20.2. The Hall–Kier alpha value is -5.15. The highest BCUT2D eigenvalue weighted by Gasteiger charge is 2.55. The average Bonchev–Trinajstić information content (AvgIpc) is 3.39. The van der Waals surface area contributed by atoms with Gasteiger partial charge < -0.3 is 63.0 Å². The van der Waals surface area contributed by atoms with Crippen LogP contribution >= 0.6 is 0 Å². The Morgan fingerprint density at radius 2 is 1.26 bits per heavy atom. The van der Waals surface area contributed by atoms with Gasteiger partial charge in [0.05, 0.1) is 70.5 Å². The third-order valence-electron chi connectivity index (χ3n) is 15.5. The second-order valence-electron chi connectivity index (χ2n) is 21.8. The van der Waals surface area contributed by atoms with Gasteiger partial charge in [-0.3, -0.25) is 4.79 Å². The molecule has 18 nitrogen and oxygen atoms in total. The molecule has 3 saturated heterocycles. The fraction of sp³-hybridized carbons (Fsp3) is 0.603. The maximum absolute atomic E-state index is 14.8. The number of aliphatic hydroxyl groups excluding tert-OH is 1. The van der Waals surface area contributed by atoms with Crippen molar-refractivity contribution in [3.05, 3.63) is 108 Å². The van der Waals surface area contributed by atoms with Crippen molar-refractivity contribution in [3.8, 4) is 0 Å². The summed E-state index contributed by atoms with van der Waals surface area (Å²) < 4.78 is 51.9. The van der Waals surface area contributed by atoms with Crippen molar-refractivity contribution in [2.24, 2.45) is 28.8 Å². The van der Waals surface area contributed by atoms with Crippen LogP contribution in [0.15, 0.2) is 96.2 Å². The first-order chi connectivity index (χ1) is 35.8. The Balaban J connectivity index is 1.47. The molecule has 0 radical (unpaired) electrons. The van der Waals surface area contributed by atoms with Gasteiger partial charge in [-0.2, -0.15) is 0 Å². The quantitative estimate of drug-likeness (QED) is 0.0668. The number of likely N-dealkylation sites (N-methyl/N-ethyl adjacent to an activating group) is 1. The fourth-order valence-corrected chi connectivity index (χ4v) is 11.2. The first-order valence-electron chi connectivity index (χ1n) is 26.4. The summed E-state index contributed by atoms with van der Waals surface area (Å²) in [6.07, 6.45) is -10.9. The van der Waals surface area contributed by atoms with E-state index in [0.29, 0.717) is 17.5 Å². The molecular weight excluding hydrogens is 981 g/mol. The molecule has 418 valence electrons. The van der Waals surface area contributed by atoms with Gasteiger partial charge >= 0.3 is 23.9 Å². The van der Waals surface area contributed by atoms with Crippen LogP contribution in [-0.4, -0.2) is 155 Å². The molecule has 76 heavy (non-hydrogen) atoms. The van der Waals surface area contributed by atoms with E-state index in [9.17, 15) is 34.5 Å². The van der Waals surface area contributed by atoms with Gasteiger partial charge in [0.1, 0.15) is 17.3 Å². The zero-order valence-corrected chi connectivity index (χ0v) is 46.2. The molecule has 0 bridgehead atoms. The van der Waals surface area contributed by atoms with Crippen LogP contribution in [0.25, 0.3) is 0 Å². The molecule has 1 unspecified atom stereocenters. The molecule has 3 aliphatic rings. The number of aliphatic hydroxyl groups is 3. The average molecular weight is 1060 g/mol. The SMILES string of the molecule is CC[C@H]1OC(=O)[C@H](C)[C@@H](O[C@H]2C[C@@](C)(OC)[C@@H](OC(=O)c3ccccc3)[C@H](C)O2)[C@H](C)[C@@H](OC2O[C@H](C)C[C@H](N(C)C)[C@H]2OC(=O)c2ccccc2)[C@](C)(O)C[C@H](C)/C(=N\OC(=O)c2ccccc2)[C@H](C)[C@@H](O)[C@]1(C)O. The lowest BCUT2D eigenvalue weighted by atomic mass is 9.73. The van der Waals surface area contributed by atoms with Crippen LogP contribution in [0, 0.1) is 23.7 Å². The standard InChI is InChI=1S/C58H80N2O16/c1-14-43-58(10,67)48(61)35(4)45(59-76-54(65)41-28-22-17-23-29-41)33(2)31-56(8,66)49(75-55-47(42(60(11)12)30-34(3)69-55)73-52(63)39-24-18-15-19-25-39)36(5)46(37(6)51(62)71-43)72-44-32-57(9,68-13)50(38(7)70-44)74-53(64)40-26-20-16-21-27-40/h15-29,33-38,42-44,46-50,55,61,66-67H,14,30-32H2,1-13H3/b59-45+/t33-,34+,35-,36-,37+,38-,42-,43+,44-,46-,47+,48+,49+,50-,55?,56+,57+,58+/m0/s1. The van der Waals surface area contributed by atoms with Gasteiger partial charge in [-0.05, 0) is 111 Å². The summed E-state index contributed by atoms with van der Waals surface area (Å²) >= 11 is 0. The minimum atomic E-state index is -2.10. The summed E-state index contributed by atoms with van der Waals surface area (Å²) in [5.74, 6) is -6.90. The largest absolute Gasteiger partial charge is 0.459 e. The number of benzene rings is 3. The van der Waals surface area contributed by atoms with E-state index >= 15 is 0 Å². The molecular formula is C58H80N2O16. The van der Waals surface area contributed by atoms with Crippen molar-refractivity contribution in [2.75, 3.05) is 21.2 Å². The molecule has 18 heteroatoms. The van der Waals surface area contributed by atoms with Crippen LogP contribution in [0.4, 0.5) is 0 Å².